The molecule has 10 rings (SSSR count). The van der Waals surface area contributed by atoms with Gasteiger partial charge >= 0.3 is 24.0 Å². The highest BCUT2D eigenvalue weighted by atomic mass is 16.7. The van der Waals surface area contributed by atoms with Gasteiger partial charge in [0.2, 0.25) is 35.8 Å². The number of carbonyl (C=O) groups is 9. The molecule has 33 nitrogen and oxygen atoms in total. The number of likely N-dealkylation sites (tertiary alicyclic amines) is 1. The van der Waals surface area contributed by atoms with Gasteiger partial charge in [-0.1, -0.05) is 56.7 Å². The van der Waals surface area contributed by atoms with Crippen molar-refractivity contribution < 1.29 is 102 Å². The van der Waals surface area contributed by atoms with Crippen LogP contribution in [0.2, 0.25) is 0 Å². The fourth-order valence-electron chi connectivity index (χ4n) is 14.4. The molecule has 10 N–H and O–H groups in total. The van der Waals surface area contributed by atoms with Crippen molar-refractivity contribution in [1.82, 2.24) is 49.9 Å². The number of carboxylic acid groups (broad SMARTS) is 2. The van der Waals surface area contributed by atoms with E-state index in [4.69, 9.17) is 38.5 Å². The lowest BCUT2D eigenvalue weighted by atomic mass is 9.86. The average Bonchev–Trinajstić information content (AvgIpc) is 1.59. The van der Waals surface area contributed by atoms with Crippen molar-refractivity contribution in [1.29, 1.82) is 0 Å². The summed E-state index contributed by atoms with van der Waals surface area (Å²) < 4.78 is 37.5. The van der Waals surface area contributed by atoms with E-state index >= 15 is 0 Å². The van der Waals surface area contributed by atoms with E-state index in [0.717, 1.165) is 33.1 Å². The molecule has 0 bridgehead atoms. The van der Waals surface area contributed by atoms with E-state index in [0.29, 0.717) is 61.5 Å². The molecule has 7 heterocycles. The van der Waals surface area contributed by atoms with E-state index < -0.39 is 114 Å². The molecule has 4 aliphatic rings. The number of hydrogen-bond acceptors (Lipinski definition) is 23. The second-order valence-corrected chi connectivity index (χ2v) is 29.1. The van der Waals surface area contributed by atoms with Crippen molar-refractivity contribution in [3.8, 4) is 17.1 Å². The number of aliphatic carboxylic acids is 2. The minimum atomic E-state index is -2.09. The van der Waals surface area contributed by atoms with Crippen LogP contribution in [0.4, 0.5) is 10.5 Å². The Labute approximate surface area is 641 Å². The minimum Gasteiger partial charge on any atom is -0.481 e. The number of aliphatic hydroxyl groups is 4. The van der Waals surface area contributed by atoms with Gasteiger partial charge in [0, 0.05) is 104 Å². The Balaban J connectivity index is 0.775. The standard InChI is InChI=1S/C78H101N11O22/c1-10-78(105)55-38-59-66-53(40-89(59)73(100)54(55)42-108-76(78)103)51(52-13-11-12-14-56(52)81-66)23-28-86(44(4)5)77(104)109-41-47-16-17-57(60(36-47)110-75-69(97)67(95)68(96)70(111-75)74(101)102)82-71(98)46(7)80-72(99)65(43(2)3)83-61(90)19-20-63(92)88(30-32-107-34-33-106-31-25-64(93)94)49-21-26-85(27-22-49)62(91)24-29-87-50(39-84(9)79-8)37-48-35-45(6)15-18-58(48)87/h11-18,35-38,43-44,46,49,65,67-70,75,79,95-97,105H,10,19-34,39-42H2,1-9H3,(H,80,99)(H,82,98)(H,83,90)(H,93,94)(H,101,102)/t46-,65-,67-,68-,69+,70-,75+,78-/m0/s1. The number of aryl methyl sites for hydroxylation is 2. The Morgan fingerprint density at radius 1 is 0.802 bits per heavy atom. The number of fused-ring (bicyclic) bond motifs is 6. The summed E-state index contributed by atoms with van der Waals surface area (Å²) in [6.45, 7) is 13.7. The summed E-state index contributed by atoms with van der Waals surface area (Å²) in [4.78, 5) is 145. The molecule has 3 aromatic heterocycles. The van der Waals surface area contributed by atoms with E-state index in [1.54, 1.807) is 50.5 Å². The monoisotopic (exact) mass is 1540 g/mol. The Hall–Kier alpha value is -9.97. The lowest BCUT2D eigenvalue weighted by Gasteiger charge is -2.39. The van der Waals surface area contributed by atoms with Crippen molar-refractivity contribution in [2.45, 2.75) is 193 Å². The second kappa shape index (κ2) is 36.9. The second-order valence-electron chi connectivity index (χ2n) is 29.1. The summed E-state index contributed by atoms with van der Waals surface area (Å²) in [5.74, 6) is -7.10. The third kappa shape index (κ3) is 19.5. The van der Waals surface area contributed by atoms with Gasteiger partial charge in [-0.05, 0) is 120 Å². The zero-order chi connectivity index (χ0) is 80.3. The summed E-state index contributed by atoms with van der Waals surface area (Å²) >= 11 is 0. The summed E-state index contributed by atoms with van der Waals surface area (Å²) in [5.41, 5.74) is 7.25. The van der Waals surface area contributed by atoms with Crippen LogP contribution in [0.1, 0.15) is 126 Å². The van der Waals surface area contributed by atoms with Gasteiger partial charge < -0.3 is 98.8 Å². The quantitative estimate of drug-likeness (QED) is 0.0154. The molecule has 3 aromatic carbocycles. The summed E-state index contributed by atoms with van der Waals surface area (Å²) in [7, 11) is 3.78. The first-order valence-corrected chi connectivity index (χ1v) is 37.5. The number of hydrazine groups is 1. The number of aromatic nitrogens is 3. The molecule has 2 fully saturated rings. The Morgan fingerprint density at radius 3 is 2.23 bits per heavy atom. The zero-order valence-corrected chi connectivity index (χ0v) is 63.9. The van der Waals surface area contributed by atoms with Gasteiger partial charge in [-0.15, -0.1) is 0 Å². The normalized spacial score (nSPS) is 19.4. The molecule has 2 saturated heterocycles. The highest BCUT2D eigenvalue weighted by molar-refractivity contribution is 5.99. The van der Waals surface area contributed by atoms with E-state index in [9.17, 15) is 73.5 Å². The molecule has 4 aliphatic heterocycles. The number of carboxylic acids is 2. The lowest BCUT2D eigenvalue weighted by Crippen LogP contribution is -2.61. The van der Waals surface area contributed by atoms with Crippen LogP contribution in [-0.4, -0.2) is 240 Å². The van der Waals surface area contributed by atoms with Crippen LogP contribution in [0.25, 0.3) is 33.2 Å². The predicted octanol–water partition coefficient (Wildman–Crippen LogP) is 3.55. The van der Waals surface area contributed by atoms with E-state index in [-0.39, 0.29) is 137 Å². The van der Waals surface area contributed by atoms with Crippen molar-refractivity contribution in [3.05, 3.63) is 122 Å². The largest absolute Gasteiger partial charge is 0.481 e. The topological polar surface area (TPSA) is 431 Å². The fourth-order valence-corrected chi connectivity index (χ4v) is 14.4. The van der Waals surface area contributed by atoms with Gasteiger partial charge in [0.1, 0.15) is 49.4 Å². The average molecular weight is 1540 g/mol. The van der Waals surface area contributed by atoms with Gasteiger partial charge in [-0.2, -0.15) is 0 Å². The minimum absolute atomic E-state index is 0.000267. The third-order valence-electron chi connectivity index (χ3n) is 20.8. The van der Waals surface area contributed by atoms with Crippen LogP contribution in [0.5, 0.6) is 5.75 Å². The smallest absolute Gasteiger partial charge is 0.410 e. The number of benzene rings is 3. The first-order valence-electron chi connectivity index (χ1n) is 37.5. The third-order valence-corrected chi connectivity index (χ3v) is 20.8. The Morgan fingerprint density at radius 2 is 1.53 bits per heavy atom. The SMILES string of the molecule is CC[C@@]1(O)C(=O)OCc2c1cc1n(c2=O)Cc2c-1nc1ccccc1c2CCN(C(=O)OCc1ccc(NC(=O)[C@H](C)NC(=O)[C@@H](NC(=O)CCC(=O)N(CCOCCOCCC(=O)O)C2CCN(C(=O)CCn3c(CN(C)NC)cc4cc(C)ccc43)CC2)C(C)C)c(O[C@@H]2O[C@H](C(=O)O)[C@@H](O)[C@H](O)[C@H]2O)c1)C(C)C. The number of anilines is 1. The predicted molar refractivity (Wildman–Crippen MR) is 401 cm³/mol. The number of hydrogen-bond donors (Lipinski definition) is 10. The summed E-state index contributed by atoms with van der Waals surface area (Å²) in [6, 6.07) is 18.1. The van der Waals surface area contributed by atoms with Gasteiger partial charge in [0.05, 0.1) is 74.1 Å². The molecule has 6 aromatic rings. The van der Waals surface area contributed by atoms with Gasteiger partial charge in [0.15, 0.2) is 11.7 Å². The van der Waals surface area contributed by atoms with Gasteiger partial charge in [0.25, 0.3) is 5.56 Å². The number of pyridine rings is 2. The number of para-hydroxylation sites is 1. The Bertz CT molecular complexity index is 4500. The molecule has 0 radical (unpaired) electrons. The maximum Gasteiger partial charge on any atom is 0.410 e. The molecule has 0 spiro atoms. The molecule has 0 unspecified atom stereocenters. The zero-order valence-electron chi connectivity index (χ0n) is 63.9. The van der Waals surface area contributed by atoms with Crippen LogP contribution < -0.4 is 31.7 Å². The molecule has 33 heteroatoms. The number of carbonyl (C=O) groups excluding carboxylic acids is 7. The Kier molecular flexibility index (Phi) is 27.8. The van der Waals surface area contributed by atoms with Crippen LogP contribution in [-0.2, 0) is 107 Å². The highest BCUT2D eigenvalue weighted by Crippen LogP contribution is 2.41. The number of nitrogens with one attached hydrogen (secondary N) is 4. The van der Waals surface area contributed by atoms with E-state index in [1.165, 1.54) is 34.6 Å². The number of piperidine rings is 1. The first-order chi connectivity index (χ1) is 52.9. The van der Waals surface area contributed by atoms with E-state index in [2.05, 4.69) is 44.1 Å². The van der Waals surface area contributed by atoms with Crippen molar-refractivity contribution >= 4 is 81.0 Å². The molecule has 0 aliphatic carbocycles. The fraction of sp³-hybridized carbons (Fsp3) is 0.526. The number of amides is 6. The van der Waals surface area contributed by atoms with Crippen molar-refractivity contribution in [3.63, 3.8) is 0 Å². The maximum absolute atomic E-state index is 14.3. The molecule has 600 valence electrons. The highest BCUT2D eigenvalue weighted by Gasteiger charge is 2.49. The number of ether oxygens (including phenoxy) is 6. The molecule has 8 atom stereocenters. The van der Waals surface area contributed by atoms with Crippen LogP contribution in [0, 0.1) is 12.8 Å². The maximum atomic E-state index is 14.3. The van der Waals surface area contributed by atoms with Gasteiger partial charge in [-0.25, -0.2) is 24.4 Å². The number of cyclic esters (lactones) is 1. The van der Waals surface area contributed by atoms with E-state index in [1.807, 2.05) is 56.4 Å². The summed E-state index contributed by atoms with van der Waals surface area (Å²) in [6.07, 6.45) is -10.5. The van der Waals surface area contributed by atoms with Crippen LogP contribution >= 0.6 is 0 Å². The molecule has 6 amide bonds. The van der Waals surface area contributed by atoms with Crippen molar-refractivity contribution in [2.24, 2.45) is 5.92 Å². The van der Waals surface area contributed by atoms with Crippen LogP contribution in [0.3, 0.4) is 0 Å². The molecular weight excluding hydrogens is 1440 g/mol. The number of esters is 1. The van der Waals surface area contributed by atoms with Crippen molar-refractivity contribution in [2.75, 3.05) is 72.0 Å². The lowest BCUT2D eigenvalue weighted by molar-refractivity contribution is -0.271. The molecule has 0 saturated carbocycles. The first kappa shape index (κ1) is 83.5. The summed E-state index contributed by atoms with van der Waals surface area (Å²) in [5, 5.41) is 74.4. The molecular formula is C78H101N11O22. The number of aliphatic hydroxyl groups excluding tert-OH is 3. The molecule has 111 heavy (non-hydrogen) atoms. The van der Waals surface area contributed by atoms with Gasteiger partial charge in [-0.3, -0.25) is 39.0 Å². The number of rotatable bonds is 35. The number of nitrogens with zero attached hydrogens (tertiary/aromatic N) is 7. The van der Waals surface area contributed by atoms with Crippen LogP contribution in [0.15, 0.2) is 77.6 Å².